The van der Waals surface area contributed by atoms with E-state index in [1.54, 1.807) is 51.8 Å². The molecule has 2 saturated carbocycles. The third-order valence-electron chi connectivity index (χ3n) is 8.58. The minimum absolute atomic E-state index is 0.132. The number of halogens is 2. The maximum atomic E-state index is 13.7. The van der Waals surface area contributed by atoms with Crippen molar-refractivity contribution in [3.8, 4) is 22.5 Å². The number of fused-ring (bicyclic) bond motifs is 2. The molecule has 1 aliphatic heterocycles. The van der Waals surface area contributed by atoms with Crippen LogP contribution in [0.3, 0.4) is 0 Å². The number of hydrogen-bond donors (Lipinski definition) is 3. The van der Waals surface area contributed by atoms with Crippen molar-refractivity contribution in [1.82, 2.24) is 39.4 Å². The highest BCUT2D eigenvalue weighted by atomic mass is 19.1. The van der Waals surface area contributed by atoms with Gasteiger partial charge in [-0.2, -0.15) is 0 Å². The van der Waals surface area contributed by atoms with Gasteiger partial charge in [0.1, 0.15) is 23.0 Å². The molecular formula is C36H29F2N9O3. The first-order valence-corrected chi connectivity index (χ1v) is 16.1. The lowest BCUT2D eigenvalue weighted by Gasteiger charge is -2.10. The molecule has 0 atom stereocenters. The van der Waals surface area contributed by atoms with Crippen LogP contribution < -0.4 is 16.0 Å². The summed E-state index contributed by atoms with van der Waals surface area (Å²) in [6, 6.07) is 12.3. The zero-order valence-corrected chi connectivity index (χ0v) is 26.4. The van der Waals surface area contributed by atoms with Crippen LogP contribution >= 0.6 is 0 Å². The predicted molar refractivity (Wildman–Crippen MR) is 180 cm³/mol. The summed E-state index contributed by atoms with van der Waals surface area (Å²) in [5.41, 5.74) is 5.91. The van der Waals surface area contributed by atoms with E-state index in [-0.39, 0.29) is 17.3 Å². The molecule has 2 aliphatic carbocycles. The second-order valence-electron chi connectivity index (χ2n) is 12.5. The van der Waals surface area contributed by atoms with Crippen molar-refractivity contribution >= 4 is 41.4 Å². The minimum atomic E-state index is -0.566. The summed E-state index contributed by atoms with van der Waals surface area (Å²) in [6.07, 6.45) is 14.3. The predicted octanol–water partition coefficient (Wildman–Crippen LogP) is 5.59. The highest BCUT2D eigenvalue weighted by molar-refractivity contribution is 6.13. The second-order valence-corrected chi connectivity index (χ2v) is 12.5. The van der Waals surface area contributed by atoms with Gasteiger partial charge >= 0.3 is 6.03 Å². The average molecular weight is 674 g/mol. The molecule has 2 aromatic carbocycles. The molecule has 6 aromatic rings. The number of anilines is 1. The summed E-state index contributed by atoms with van der Waals surface area (Å²) in [4.78, 5) is 52.4. The van der Waals surface area contributed by atoms with Crippen LogP contribution in [0.15, 0.2) is 79.0 Å². The molecule has 3 aliphatic rings. The molecule has 12 nitrogen and oxygen atoms in total. The number of nitrogens with one attached hydrogen (secondary N) is 3. The number of urea groups is 1. The first kappa shape index (κ1) is 31.0. The molecule has 4 aromatic heterocycles. The van der Waals surface area contributed by atoms with Crippen LogP contribution in [0.1, 0.15) is 47.6 Å². The molecule has 3 amide bonds. The van der Waals surface area contributed by atoms with Crippen molar-refractivity contribution in [2.75, 3.05) is 5.32 Å². The Bertz CT molecular complexity index is 2360. The normalized spacial score (nSPS) is 16.3. The molecule has 3 N–H and O–H groups in total. The lowest BCUT2D eigenvalue weighted by molar-refractivity contribution is -0.115. The fourth-order valence-electron chi connectivity index (χ4n) is 5.72. The van der Waals surface area contributed by atoms with E-state index in [0.29, 0.717) is 63.0 Å². The molecule has 50 heavy (non-hydrogen) atoms. The molecule has 5 heterocycles. The standard InChI is InChI=1S/C19H15FN6O2.C17H14FN3O/c20-11-3-1-2-10(6-11)15-9-26-13(7-14-18(27)25-19(28)24-14)8-21-17(26)16(23-15)22-12-4-5-12;18-13-3-1-2-12(7-13)16-9-21-14(10-22)8-19-17(21)15(20-16)6-11-4-5-11/h1-3,6-9,12H,4-5H2,(H,22,23)(H2,24,25,27,28);1-3,7-11H,4-6H2/b14-7-;. The molecule has 0 radical (unpaired) electrons. The molecule has 9 rings (SSSR count). The first-order chi connectivity index (χ1) is 24.3. The molecule has 3 fully saturated rings. The first-order valence-electron chi connectivity index (χ1n) is 16.1. The van der Waals surface area contributed by atoms with Gasteiger partial charge < -0.3 is 10.6 Å². The third kappa shape index (κ3) is 6.42. The number of aromatic nitrogens is 6. The number of benzene rings is 2. The summed E-state index contributed by atoms with van der Waals surface area (Å²) in [5, 5.41) is 7.97. The monoisotopic (exact) mass is 673 g/mol. The fraction of sp³-hybridized carbons (Fsp3) is 0.194. The van der Waals surface area contributed by atoms with Gasteiger partial charge in [-0.1, -0.05) is 24.3 Å². The van der Waals surface area contributed by atoms with E-state index in [0.717, 1.165) is 31.2 Å². The Balaban J connectivity index is 0.000000149. The van der Waals surface area contributed by atoms with E-state index in [9.17, 15) is 23.2 Å². The van der Waals surface area contributed by atoms with E-state index in [4.69, 9.17) is 0 Å². The summed E-state index contributed by atoms with van der Waals surface area (Å²) in [7, 11) is 0. The number of aldehydes is 1. The van der Waals surface area contributed by atoms with Crippen molar-refractivity contribution in [2.45, 2.75) is 38.1 Å². The maximum Gasteiger partial charge on any atom is 0.326 e. The van der Waals surface area contributed by atoms with Gasteiger partial charge in [0.2, 0.25) is 0 Å². The molecule has 0 unspecified atom stereocenters. The zero-order valence-electron chi connectivity index (χ0n) is 26.4. The van der Waals surface area contributed by atoms with Gasteiger partial charge in [0.25, 0.3) is 5.91 Å². The Kier molecular flexibility index (Phi) is 7.82. The zero-order chi connectivity index (χ0) is 34.4. The Labute approximate surface area is 283 Å². The Morgan fingerprint density at radius 2 is 1.46 bits per heavy atom. The van der Waals surface area contributed by atoms with Crippen LogP contribution in [0, 0.1) is 17.6 Å². The average Bonchev–Trinajstić information content (AvgIpc) is 4.00. The number of carbonyl (C=O) groups excluding carboxylic acids is 3. The van der Waals surface area contributed by atoms with Gasteiger partial charge in [0, 0.05) is 29.6 Å². The molecule has 0 bridgehead atoms. The Morgan fingerprint density at radius 3 is 2.06 bits per heavy atom. The fourth-order valence-corrected chi connectivity index (χ4v) is 5.72. The number of carbonyl (C=O) groups is 3. The van der Waals surface area contributed by atoms with Crippen molar-refractivity contribution in [3.05, 3.63) is 108 Å². The van der Waals surface area contributed by atoms with Gasteiger partial charge in [0.05, 0.1) is 35.2 Å². The smallest absolute Gasteiger partial charge is 0.326 e. The van der Waals surface area contributed by atoms with Crippen LogP contribution in [0.5, 0.6) is 0 Å². The summed E-state index contributed by atoms with van der Waals surface area (Å²) < 4.78 is 30.7. The van der Waals surface area contributed by atoms with Crippen LogP contribution in [0.4, 0.5) is 19.4 Å². The van der Waals surface area contributed by atoms with E-state index in [1.807, 2.05) is 6.07 Å². The van der Waals surface area contributed by atoms with E-state index in [2.05, 4.69) is 35.9 Å². The number of amides is 3. The maximum absolute atomic E-state index is 13.7. The largest absolute Gasteiger partial charge is 0.364 e. The van der Waals surface area contributed by atoms with Gasteiger partial charge in [-0.25, -0.2) is 33.5 Å². The summed E-state index contributed by atoms with van der Waals surface area (Å²) in [5.74, 6) is 0.0822. The van der Waals surface area contributed by atoms with Gasteiger partial charge in [0.15, 0.2) is 23.4 Å². The van der Waals surface area contributed by atoms with E-state index >= 15 is 0 Å². The lowest BCUT2D eigenvalue weighted by Crippen LogP contribution is -2.22. The number of nitrogens with zero attached hydrogens (tertiary/aromatic N) is 6. The number of hydrogen-bond acceptors (Lipinski definition) is 8. The highest BCUT2D eigenvalue weighted by Crippen LogP contribution is 2.34. The number of imide groups is 1. The lowest BCUT2D eigenvalue weighted by atomic mass is 10.1. The molecule has 1 saturated heterocycles. The van der Waals surface area contributed by atoms with Crippen LogP contribution in [-0.4, -0.2) is 53.0 Å². The van der Waals surface area contributed by atoms with Crippen molar-refractivity contribution < 1.29 is 23.2 Å². The molecule has 250 valence electrons. The highest BCUT2D eigenvalue weighted by Gasteiger charge is 2.26. The summed E-state index contributed by atoms with van der Waals surface area (Å²) in [6.45, 7) is 0. The quantitative estimate of drug-likeness (QED) is 0.108. The molecular weight excluding hydrogens is 644 g/mol. The number of imidazole rings is 2. The molecule has 14 heteroatoms. The Morgan fingerprint density at radius 1 is 0.820 bits per heavy atom. The molecule has 0 spiro atoms. The van der Waals surface area contributed by atoms with Crippen molar-refractivity contribution in [1.29, 1.82) is 0 Å². The van der Waals surface area contributed by atoms with Crippen LogP contribution in [0.2, 0.25) is 0 Å². The van der Waals surface area contributed by atoms with E-state index < -0.39 is 11.9 Å². The van der Waals surface area contributed by atoms with Crippen LogP contribution in [-0.2, 0) is 11.2 Å². The van der Waals surface area contributed by atoms with E-state index in [1.165, 1.54) is 43.2 Å². The summed E-state index contributed by atoms with van der Waals surface area (Å²) >= 11 is 0. The van der Waals surface area contributed by atoms with Crippen LogP contribution in [0.25, 0.3) is 39.9 Å². The SMILES string of the molecule is O=C1NC(=O)/C(=C/c2cnc3c(NC4CC4)nc(-c4cccc(F)c4)cn23)N1.O=Cc1cnc2c(CC3CC3)nc(-c3cccc(F)c3)cn12. The van der Waals surface area contributed by atoms with Gasteiger partial charge in [-0.15, -0.1) is 0 Å². The van der Waals surface area contributed by atoms with Gasteiger partial charge in [-0.3, -0.25) is 23.7 Å². The third-order valence-corrected chi connectivity index (χ3v) is 8.58. The topological polar surface area (TPSA) is 148 Å². The van der Waals surface area contributed by atoms with Crippen molar-refractivity contribution in [3.63, 3.8) is 0 Å². The van der Waals surface area contributed by atoms with Crippen molar-refractivity contribution in [2.24, 2.45) is 5.92 Å². The second kappa shape index (κ2) is 12.6. The van der Waals surface area contributed by atoms with Gasteiger partial charge in [-0.05, 0) is 68.4 Å². The Hall–Kier alpha value is -6.31. The number of rotatable bonds is 8. The minimum Gasteiger partial charge on any atom is -0.364 e.